The molecular weight excluding hydrogens is 314 g/mol. The Morgan fingerprint density at radius 1 is 1.40 bits per heavy atom. The molecule has 4 nitrogen and oxygen atoms in total. The molecule has 3 unspecified atom stereocenters. The molecule has 0 aliphatic heterocycles. The lowest BCUT2D eigenvalue weighted by Crippen LogP contribution is -2.48. The van der Waals surface area contributed by atoms with E-state index in [1.165, 1.54) is 6.42 Å². The SMILES string of the molecule is CCOC1(C(=O)Nc2ccc(OC(C)CC)c(C)c2)CCCC(C)C1. The predicted molar refractivity (Wildman–Crippen MR) is 102 cm³/mol. The Morgan fingerprint density at radius 3 is 2.76 bits per heavy atom. The molecule has 1 aliphatic carbocycles. The van der Waals surface area contributed by atoms with E-state index in [0.717, 1.165) is 42.7 Å². The van der Waals surface area contributed by atoms with Gasteiger partial charge >= 0.3 is 0 Å². The Balaban J connectivity index is 2.11. The van der Waals surface area contributed by atoms with E-state index in [-0.39, 0.29) is 12.0 Å². The summed E-state index contributed by atoms with van der Waals surface area (Å²) in [5, 5.41) is 3.07. The lowest BCUT2D eigenvalue weighted by atomic mass is 9.78. The van der Waals surface area contributed by atoms with Crippen molar-refractivity contribution in [2.75, 3.05) is 11.9 Å². The van der Waals surface area contributed by atoms with E-state index in [1.807, 2.05) is 32.0 Å². The van der Waals surface area contributed by atoms with Gasteiger partial charge in [0.05, 0.1) is 6.10 Å². The van der Waals surface area contributed by atoms with Crippen molar-refractivity contribution >= 4 is 11.6 Å². The van der Waals surface area contributed by atoms with Crippen molar-refractivity contribution in [1.82, 2.24) is 0 Å². The van der Waals surface area contributed by atoms with Gasteiger partial charge < -0.3 is 14.8 Å². The minimum Gasteiger partial charge on any atom is -0.490 e. The van der Waals surface area contributed by atoms with Crippen molar-refractivity contribution in [3.05, 3.63) is 23.8 Å². The summed E-state index contributed by atoms with van der Waals surface area (Å²) in [4.78, 5) is 13.0. The molecule has 1 fully saturated rings. The van der Waals surface area contributed by atoms with Crippen LogP contribution in [-0.2, 0) is 9.53 Å². The third kappa shape index (κ3) is 4.97. The summed E-state index contributed by atoms with van der Waals surface area (Å²) in [5.41, 5.74) is 1.14. The van der Waals surface area contributed by atoms with E-state index in [0.29, 0.717) is 12.5 Å². The van der Waals surface area contributed by atoms with Gasteiger partial charge in [-0.1, -0.05) is 20.3 Å². The summed E-state index contributed by atoms with van der Waals surface area (Å²) < 4.78 is 11.9. The fourth-order valence-electron chi connectivity index (χ4n) is 3.59. The van der Waals surface area contributed by atoms with Gasteiger partial charge in [0.25, 0.3) is 5.91 Å². The van der Waals surface area contributed by atoms with Gasteiger partial charge in [-0.3, -0.25) is 4.79 Å². The van der Waals surface area contributed by atoms with Crippen LogP contribution in [-0.4, -0.2) is 24.2 Å². The smallest absolute Gasteiger partial charge is 0.256 e. The van der Waals surface area contributed by atoms with Crippen LogP contribution in [0.25, 0.3) is 0 Å². The highest BCUT2D eigenvalue weighted by atomic mass is 16.5. The topological polar surface area (TPSA) is 47.6 Å². The van der Waals surface area contributed by atoms with Gasteiger partial charge in [0, 0.05) is 12.3 Å². The summed E-state index contributed by atoms with van der Waals surface area (Å²) in [6.07, 6.45) is 4.95. The zero-order chi connectivity index (χ0) is 18.4. The molecule has 0 spiro atoms. The van der Waals surface area contributed by atoms with Gasteiger partial charge in [0.15, 0.2) is 0 Å². The van der Waals surface area contributed by atoms with Crippen LogP contribution in [0.1, 0.15) is 65.4 Å². The first-order valence-electron chi connectivity index (χ1n) is 9.63. The maximum atomic E-state index is 13.0. The van der Waals surface area contributed by atoms with E-state index in [4.69, 9.17) is 9.47 Å². The van der Waals surface area contributed by atoms with E-state index >= 15 is 0 Å². The second kappa shape index (κ2) is 8.70. The monoisotopic (exact) mass is 347 g/mol. The molecule has 1 aromatic carbocycles. The number of nitrogens with one attached hydrogen (secondary N) is 1. The van der Waals surface area contributed by atoms with E-state index in [1.54, 1.807) is 0 Å². The molecule has 0 aromatic heterocycles. The van der Waals surface area contributed by atoms with Crippen LogP contribution in [0, 0.1) is 12.8 Å². The summed E-state index contributed by atoms with van der Waals surface area (Å²) >= 11 is 0. The average Bonchev–Trinajstić information content (AvgIpc) is 2.57. The Kier molecular flexibility index (Phi) is 6.88. The molecule has 1 aliphatic rings. The molecule has 4 heteroatoms. The largest absolute Gasteiger partial charge is 0.490 e. The lowest BCUT2D eigenvalue weighted by Gasteiger charge is -2.38. The predicted octanol–water partition coefficient (Wildman–Crippen LogP) is 5.10. The molecule has 0 radical (unpaired) electrons. The molecule has 1 amide bonds. The van der Waals surface area contributed by atoms with E-state index in [9.17, 15) is 4.79 Å². The standard InChI is InChI=1S/C21H33NO3/c1-6-17(5)25-19-11-10-18(13-16(19)4)22-20(23)21(24-7-2)12-8-9-15(3)14-21/h10-11,13,15,17H,6-9,12,14H2,1-5H3,(H,22,23). The number of anilines is 1. The van der Waals surface area contributed by atoms with Gasteiger partial charge in [0.1, 0.15) is 11.4 Å². The Bertz CT molecular complexity index is 583. The highest BCUT2D eigenvalue weighted by Crippen LogP contribution is 2.36. The summed E-state index contributed by atoms with van der Waals surface area (Å²) in [6.45, 7) is 10.9. The van der Waals surface area contributed by atoms with Gasteiger partial charge in [-0.25, -0.2) is 0 Å². The molecular formula is C21H33NO3. The molecule has 0 saturated heterocycles. The first-order chi connectivity index (χ1) is 11.9. The first kappa shape index (κ1) is 19.8. The summed E-state index contributed by atoms with van der Waals surface area (Å²) in [7, 11) is 0. The second-order valence-corrected chi connectivity index (χ2v) is 7.40. The Morgan fingerprint density at radius 2 is 2.16 bits per heavy atom. The van der Waals surface area contributed by atoms with Crippen LogP contribution >= 0.6 is 0 Å². The summed E-state index contributed by atoms with van der Waals surface area (Å²) in [6, 6.07) is 5.82. The van der Waals surface area contributed by atoms with Crippen LogP contribution in [0.4, 0.5) is 5.69 Å². The number of ether oxygens (including phenoxy) is 2. The van der Waals surface area contributed by atoms with Crippen molar-refractivity contribution in [3.8, 4) is 5.75 Å². The minimum atomic E-state index is -0.688. The fraction of sp³-hybridized carbons (Fsp3) is 0.667. The Labute approximate surface area is 152 Å². The molecule has 1 N–H and O–H groups in total. The summed E-state index contributed by atoms with van der Waals surface area (Å²) in [5.74, 6) is 1.37. The highest BCUT2D eigenvalue weighted by Gasteiger charge is 2.42. The number of aryl methyl sites for hydroxylation is 1. The normalized spacial score (nSPS) is 24.6. The minimum absolute atomic E-state index is 0.0177. The highest BCUT2D eigenvalue weighted by molar-refractivity contribution is 5.97. The first-order valence-corrected chi connectivity index (χ1v) is 9.63. The van der Waals surface area contributed by atoms with Crippen molar-refractivity contribution in [2.45, 2.75) is 78.4 Å². The number of hydrogen-bond donors (Lipinski definition) is 1. The number of benzene rings is 1. The molecule has 0 heterocycles. The third-order valence-electron chi connectivity index (χ3n) is 5.13. The molecule has 1 saturated carbocycles. The zero-order valence-electron chi connectivity index (χ0n) is 16.4. The third-order valence-corrected chi connectivity index (χ3v) is 5.13. The van der Waals surface area contributed by atoms with Crippen LogP contribution in [0.3, 0.4) is 0 Å². The van der Waals surface area contributed by atoms with Gasteiger partial charge in [-0.15, -0.1) is 0 Å². The van der Waals surface area contributed by atoms with E-state index in [2.05, 4.69) is 26.1 Å². The maximum absolute atomic E-state index is 13.0. The van der Waals surface area contributed by atoms with Gasteiger partial charge in [0.2, 0.25) is 0 Å². The Hall–Kier alpha value is -1.55. The van der Waals surface area contributed by atoms with Crippen LogP contribution < -0.4 is 10.1 Å². The van der Waals surface area contributed by atoms with Crippen molar-refractivity contribution in [1.29, 1.82) is 0 Å². The van der Waals surface area contributed by atoms with Crippen LogP contribution in [0.15, 0.2) is 18.2 Å². The van der Waals surface area contributed by atoms with Crippen LogP contribution in [0.2, 0.25) is 0 Å². The number of amides is 1. The fourth-order valence-corrected chi connectivity index (χ4v) is 3.59. The number of rotatable bonds is 7. The number of carbonyl (C=O) groups excluding carboxylic acids is 1. The molecule has 140 valence electrons. The molecule has 0 bridgehead atoms. The van der Waals surface area contributed by atoms with Crippen molar-refractivity contribution in [3.63, 3.8) is 0 Å². The molecule has 2 rings (SSSR count). The second-order valence-electron chi connectivity index (χ2n) is 7.40. The van der Waals surface area contributed by atoms with E-state index < -0.39 is 5.60 Å². The average molecular weight is 347 g/mol. The van der Waals surface area contributed by atoms with Crippen molar-refractivity contribution < 1.29 is 14.3 Å². The zero-order valence-corrected chi connectivity index (χ0v) is 16.4. The number of carbonyl (C=O) groups is 1. The van der Waals surface area contributed by atoms with Crippen LogP contribution in [0.5, 0.6) is 5.75 Å². The maximum Gasteiger partial charge on any atom is 0.256 e. The van der Waals surface area contributed by atoms with Gasteiger partial charge in [-0.2, -0.15) is 0 Å². The molecule has 25 heavy (non-hydrogen) atoms. The molecule has 3 atom stereocenters. The quantitative estimate of drug-likeness (QED) is 0.747. The van der Waals surface area contributed by atoms with Crippen molar-refractivity contribution in [2.24, 2.45) is 5.92 Å². The van der Waals surface area contributed by atoms with Gasteiger partial charge in [-0.05, 0) is 76.1 Å². The lowest BCUT2D eigenvalue weighted by molar-refractivity contribution is -0.147. The molecule has 1 aromatic rings. The number of hydrogen-bond acceptors (Lipinski definition) is 3.